The molecule has 0 aliphatic carbocycles. The molecule has 1 heterocycles. The van der Waals surface area contributed by atoms with E-state index in [-0.39, 0.29) is 12.6 Å². The van der Waals surface area contributed by atoms with Crippen molar-refractivity contribution in [1.82, 2.24) is 9.80 Å². The van der Waals surface area contributed by atoms with Gasteiger partial charge in [-0.3, -0.25) is 4.90 Å². The van der Waals surface area contributed by atoms with Gasteiger partial charge in [-0.05, 0) is 62.7 Å². The second-order valence-corrected chi connectivity index (χ2v) is 8.99. The molecule has 182 valence electrons. The van der Waals surface area contributed by atoms with Gasteiger partial charge in [-0.1, -0.05) is 12.1 Å². The fraction of sp³-hybridized carbons (Fsp3) is 0.400. The van der Waals surface area contributed by atoms with Crippen LogP contribution in [0.3, 0.4) is 0 Å². The van der Waals surface area contributed by atoms with E-state index < -0.39 is 23.5 Å². The highest BCUT2D eigenvalue weighted by molar-refractivity contribution is 5.92. The molecule has 0 saturated carbocycles. The van der Waals surface area contributed by atoms with Crippen molar-refractivity contribution in [3.63, 3.8) is 0 Å². The molecule has 2 aromatic carbocycles. The number of halogens is 1. The lowest BCUT2D eigenvalue weighted by Crippen LogP contribution is -2.54. The number of amides is 3. The molecule has 1 aliphatic heterocycles. The lowest BCUT2D eigenvalue weighted by Gasteiger charge is -2.38. The zero-order chi connectivity index (χ0) is 24.9. The molecule has 0 atom stereocenters. The normalized spacial score (nSPS) is 13.9. The van der Waals surface area contributed by atoms with Gasteiger partial charge in [0.1, 0.15) is 11.4 Å². The molecule has 0 unspecified atom stereocenters. The second kappa shape index (κ2) is 10.5. The van der Waals surface area contributed by atoms with Crippen LogP contribution in [0.1, 0.15) is 36.7 Å². The summed E-state index contributed by atoms with van der Waals surface area (Å²) in [5, 5.41) is 0. The van der Waals surface area contributed by atoms with Crippen molar-refractivity contribution in [1.29, 1.82) is 0 Å². The average Bonchev–Trinajstić information content (AvgIpc) is 2.81. The molecule has 3 rings (SSSR count). The van der Waals surface area contributed by atoms with E-state index in [4.69, 9.17) is 9.47 Å². The molecule has 1 aliphatic rings. The summed E-state index contributed by atoms with van der Waals surface area (Å²) in [5.41, 5.74) is 1.15. The molecule has 0 spiro atoms. The van der Waals surface area contributed by atoms with Crippen LogP contribution in [0.2, 0.25) is 0 Å². The van der Waals surface area contributed by atoms with E-state index in [1.54, 1.807) is 51.1 Å². The summed E-state index contributed by atoms with van der Waals surface area (Å²) in [7, 11) is 1.31. The summed E-state index contributed by atoms with van der Waals surface area (Å²) < 4.78 is 23.7. The quantitative estimate of drug-likeness (QED) is 0.622. The molecule has 9 heteroatoms. The van der Waals surface area contributed by atoms with E-state index in [0.717, 1.165) is 5.56 Å². The van der Waals surface area contributed by atoms with Crippen LogP contribution in [0.5, 0.6) is 0 Å². The van der Waals surface area contributed by atoms with Gasteiger partial charge in [0.2, 0.25) is 0 Å². The molecule has 1 saturated heterocycles. The van der Waals surface area contributed by atoms with Crippen LogP contribution < -0.4 is 4.90 Å². The Labute approximate surface area is 198 Å². The summed E-state index contributed by atoms with van der Waals surface area (Å²) in [6.45, 7) is 7.04. The minimum atomic E-state index is -0.590. The van der Waals surface area contributed by atoms with Crippen LogP contribution in [0.15, 0.2) is 48.5 Å². The lowest BCUT2D eigenvalue weighted by molar-refractivity contribution is 0.0172. The van der Waals surface area contributed by atoms with E-state index in [1.165, 1.54) is 19.2 Å². The van der Waals surface area contributed by atoms with Gasteiger partial charge in [-0.2, -0.15) is 0 Å². The van der Waals surface area contributed by atoms with Crippen molar-refractivity contribution in [2.75, 3.05) is 38.2 Å². The van der Waals surface area contributed by atoms with Gasteiger partial charge in [-0.15, -0.1) is 0 Å². The zero-order valence-electron chi connectivity index (χ0n) is 19.9. The molecular weight excluding hydrogens is 441 g/mol. The first-order chi connectivity index (χ1) is 16.1. The van der Waals surface area contributed by atoms with Gasteiger partial charge in [0.15, 0.2) is 0 Å². The highest BCUT2D eigenvalue weighted by Crippen LogP contribution is 2.22. The van der Waals surface area contributed by atoms with E-state index in [2.05, 4.69) is 0 Å². The number of benzene rings is 2. The van der Waals surface area contributed by atoms with Gasteiger partial charge in [0.05, 0.1) is 19.2 Å². The number of urea groups is 1. The first-order valence-electron chi connectivity index (χ1n) is 11.0. The zero-order valence-corrected chi connectivity index (χ0v) is 19.9. The molecule has 8 nitrogen and oxygen atoms in total. The largest absolute Gasteiger partial charge is 0.465 e. The molecule has 0 radical (unpaired) electrons. The molecule has 0 bridgehead atoms. The Kier molecular flexibility index (Phi) is 7.75. The van der Waals surface area contributed by atoms with Crippen LogP contribution in [-0.4, -0.2) is 66.8 Å². The number of esters is 1. The summed E-state index contributed by atoms with van der Waals surface area (Å²) in [5.74, 6) is -0.842. The Balaban J connectivity index is 1.74. The number of nitrogens with zero attached hydrogens (tertiary/aromatic N) is 3. The van der Waals surface area contributed by atoms with Crippen molar-refractivity contribution >= 4 is 23.8 Å². The number of anilines is 1. The van der Waals surface area contributed by atoms with E-state index >= 15 is 0 Å². The van der Waals surface area contributed by atoms with Crippen LogP contribution in [0, 0.1) is 5.82 Å². The molecular formula is C25H30FN3O5. The molecule has 0 N–H and O–H groups in total. The Hall–Kier alpha value is -3.62. The minimum Gasteiger partial charge on any atom is -0.465 e. The van der Waals surface area contributed by atoms with Crippen molar-refractivity contribution in [2.24, 2.45) is 0 Å². The number of ether oxygens (including phenoxy) is 2. The lowest BCUT2D eigenvalue weighted by atomic mass is 10.1. The van der Waals surface area contributed by atoms with Gasteiger partial charge in [-0.25, -0.2) is 18.8 Å². The van der Waals surface area contributed by atoms with Crippen molar-refractivity contribution in [3.8, 4) is 0 Å². The van der Waals surface area contributed by atoms with Crippen LogP contribution in [0.25, 0.3) is 0 Å². The molecule has 0 aromatic heterocycles. The third kappa shape index (κ3) is 6.46. The predicted octanol–water partition coefficient (Wildman–Crippen LogP) is 4.29. The van der Waals surface area contributed by atoms with Gasteiger partial charge in [0, 0.05) is 31.9 Å². The first kappa shape index (κ1) is 25.0. The molecule has 34 heavy (non-hydrogen) atoms. The Morgan fingerprint density at radius 1 is 0.912 bits per heavy atom. The number of piperazine rings is 1. The summed E-state index contributed by atoms with van der Waals surface area (Å²) in [6, 6.07) is 12.2. The van der Waals surface area contributed by atoms with E-state index in [1.807, 2.05) is 20.8 Å². The summed E-state index contributed by atoms with van der Waals surface area (Å²) >= 11 is 0. The number of methoxy groups -OCH3 is 1. The highest BCUT2D eigenvalue weighted by Gasteiger charge is 2.30. The van der Waals surface area contributed by atoms with E-state index in [0.29, 0.717) is 37.4 Å². The minimum absolute atomic E-state index is 0.220. The monoisotopic (exact) mass is 471 g/mol. The smallest absolute Gasteiger partial charge is 0.410 e. The van der Waals surface area contributed by atoms with Crippen molar-refractivity contribution in [3.05, 3.63) is 65.5 Å². The van der Waals surface area contributed by atoms with Crippen molar-refractivity contribution in [2.45, 2.75) is 32.9 Å². The molecule has 3 amide bonds. The number of hydrogen-bond donors (Lipinski definition) is 0. The second-order valence-electron chi connectivity index (χ2n) is 8.99. The average molecular weight is 472 g/mol. The Morgan fingerprint density at radius 2 is 1.47 bits per heavy atom. The Morgan fingerprint density at radius 3 is 2.00 bits per heavy atom. The first-order valence-corrected chi connectivity index (χ1v) is 11.0. The maximum absolute atomic E-state index is 13.5. The third-order valence-electron chi connectivity index (χ3n) is 5.29. The highest BCUT2D eigenvalue weighted by atomic mass is 19.1. The number of rotatable bonds is 4. The van der Waals surface area contributed by atoms with Gasteiger partial charge < -0.3 is 19.3 Å². The topological polar surface area (TPSA) is 79.4 Å². The number of carbonyl (C=O) groups is 3. The maximum atomic E-state index is 13.5. The number of hydrogen-bond acceptors (Lipinski definition) is 5. The summed E-state index contributed by atoms with van der Waals surface area (Å²) in [6.07, 6.45) is -0.402. The van der Waals surface area contributed by atoms with Crippen molar-refractivity contribution < 1.29 is 28.2 Å². The van der Waals surface area contributed by atoms with Gasteiger partial charge in [0.25, 0.3) is 0 Å². The maximum Gasteiger partial charge on any atom is 0.410 e. The Bertz CT molecular complexity index is 1010. The molecule has 2 aromatic rings. The number of carbonyl (C=O) groups excluding carboxylic acids is 3. The SMILES string of the molecule is COC(=O)c1ccc(CN(C(=O)N2CCN(C(=O)OC(C)(C)C)CC2)c2ccc(F)cc2)cc1. The fourth-order valence-corrected chi connectivity index (χ4v) is 3.51. The van der Waals surface area contributed by atoms with Gasteiger partial charge >= 0.3 is 18.1 Å². The third-order valence-corrected chi connectivity index (χ3v) is 5.29. The standard InChI is InChI=1S/C25H30FN3O5/c1-25(2,3)34-24(32)28-15-13-27(14-16-28)23(31)29(21-11-9-20(26)10-12-21)17-18-5-7-19(8-6-18)22(30)33-4/h5-12H,13-17H2,1-4H3. The fourth-order valence-electron chi connectivity index (χ4n) is 3.51. The van der Waals surface area contributed by atoms with E-state index in [9.17, 15) is 18.8 Å². The predicted molar refractivity (Wildman–Crippen MR) is 125 cm³/mol. The molecule has 1 fully saturated rings. The van der Waals surface area contributed by atoms with Crippen LogP contribution in [-0.2, 0) is 16.0 Å². The van der Waals surface area contributed by atoms with Crippen LogP contribution in [0.4, 0.5) is 19.7 Å². The summed E-state index contributed by atoms with van der Waals surface area (Å²) in [4.78, 5) is 42.3. The van der Waals surface area contributed by atoms with Crippen LogP contribution >= 0.6 is 0 Å².